The maximum atomic E-state index is 12.3. The molecule has 1 amide bonds. The standard InChI is InChI=1S/C26H32N4O2/c1-20(17-21-9-4-2-5-10-21)27-19-22-18-24(29-16-8-15-28-29)13-14-25(22)30(26(31)32)23-11-6-3-7-12-23/h3,6-8,11-16,18,20-21,27H,2,4-5,9-10,17,19H2,1H3,(H,31,32). The first-order chi connectivity index (χ1) is 15.6. The fourth-order valence-corrected chi connectivity index (χ4v) is 4.72. The first-order valence-corrected chi connectivity index (χ1v) is 11.6. The molecule has 1 aromatic heterocycles. The van der Waals surface area contributed by atoms with E-state index < -0.39 is 6.09 Å². The molecule has 1 saturated carbocycles. The molecule has 4 rings (SSSR count). The molecule has 1 aliphatic rings. The molecule has 6 heteroatoms. The summed E-state index contributed by atoms with van der Waals surface area (Å²) in [4.78, 5) is 13.6. The van der Waals surface area contributed by atoms with E-state index in [4.69, 9.17) is 0 Å². The summed E-state index contributed by atoms with van der Waals surface area (Å²) in [5.41, 5.74) is 3.13. The number of hydrogen-bond acceptors (Lipinski definition) is 3. The number of carbonyl (C=O) groups is 1. The van der Waals surface area contributed by atoms with Crippen LogP contribution in [0.5, 0.6) is 0 Å². The van der Waals surface area contributed by atoms with Crippen LogP contribution in [0.4, 0.5) is 16.2 Å². The van der Waals surface area contributed by atoms with Crippen LogP contribution in [-0.4, -0.2) is 27.0 Å². The fourth-order valence-electron chi connectivity index (χ4n) is 4.72. The number of benzene rings is 2. The van der Waals surface area contributed by atoms with Gasteiger partial charge in [-0.05, 0) is 61.2 Å². The normalized spacial score (nSPS) is 15.4. The summed E-state index contributed by atoms with van der Waals surface area (Å²) in [5, 5.41) is 18.0. The van der Waals surface area contributed by atoms with Crippen molar-refractivity contribution in [3.8, 4) is 5.69 Å². The molecule has 0 bridgehead atoms. The van der Waals surface area contributed by atoms with Gasteiger partial charge in [0.05, 0.1) is 17.1 Å². The second kappa shape index (κ2) is 10.5. The van der Waals surface area contributed by atoms with Crippen LogP contribution in [0.25, 0.3) is 5.69 Å². The smallest absolute Gasteiger partial charge is 0.416 e. The molecular formula is C26H32N4O2. The number of nitrogens with zero attached hydrogens (tertiary/aromatic N) is 3. The number of carboxylic acid groups (broad SMARTS) is 1. The van der Waals surface area contributed by atoms with Crippen molar-refractivity contribution >= 4 is 17.5 Å². The maximum absolute atomic E-state index is 12.3. The molecule has 6 nitrogen and oxygen atoms in total. The van der Waals surface area contributed by atoms with E-state index in [-0.39, 0.29) is 0 Å². The summed E-state index contributed by atoms with van der Waals surface area (Å²) >= 11 is 0. The lowest BCUT2D eigenvalue weighted by atomic mass is 9.85. The molecule has 32 heavy (non-hydrogen) atoms. The highest BCUT2D eigenvalue weighted by Gasteiger charge is 2.22. The Labute approximate surface area is 189 Å². The first kappa shape index (κ1) is 22.1. The lowest BCUT2D eigenvalue weighted by Crippen LogP contribution is -2.30. The Morgan fingerprint density at radius 3 is 2.62 bits per heavy atom. The van der Waals surface area contributed by atoms with Crippen molar-refractivity contribution in [2.75, 3.05) is 4.90 Å². The van der Waals surface area contributed by atoms with Crippen LogP contribution >= 0.6 is 0 Å². The van der Waals surface area contributed by atoms with Crippen molar-refractivity contribution in [1.82, 2.24) is 15.1 Å². The number of rotatable bonds is 8. The molecule has 168 valence electrons. The second-order valence-electron chi connectivity index (χ2n) is 8.74. The SMILES string of the molecule is CC(CC1CCCCC1)NCc1cc(-n2cccn2)ccc1N(C(=O)O)c1ccccc1. The third-order valence-corrected chi connectivity index (χ3v) is 6.33. The molecule has 2 N–H and O–H groups in total. The predicted molar refractivity (Wildman–Crippen MR) is 128 cm³/mol. The van der Waals surface area contributed by atoms with E-state index in [1.54, 1.807) is 10.9 Å². The summed E-state index contributed by atoms with van der Waals surface area (Å²) in [6.45, 7) is 2.83. The van der Waals surface area contributed by atoms with Crippen molar-refractivity contribution in [3.05, 3.63) is 72.6 Å². The second-order valence-corrected chi connectivity index (χ2v) is 8.74. The zero-order valence-corrected chi connectivity index (χ0v) is 18.7. The zero-order chi connectivity index (χ0) is 22.3. The number of nitrogens with one attached hydrogen (secondary N) is 1. The Hall–Kier alpha value is -3.12. The molecule has 1 heterocycles. The van der Waals surface area contributed by atoms with Gasteiger partial charge in [0, 0.05) is 25.0 Å². The highest BCUT2D eigenvalue weighted by molar-refractivity contribution is 5.95. The van der Waals surface area contributed by atoms with Gasteiger partial charge in [0.1, 0.15) is 0 Å². The predicted octanol–water partition coefficient (Wildman–Crippen LogP) is 6.14. The number of anilines is 2. The minimum atomic E-state index is -1.00. The molecule has 1 atom stereocenters. The first-order valence-electron chi connectivity index (χ1n) is 11.6. The van der Waals surface area contributed by atoms with Gasteiger partial charge >= 0.3 is 6.09 Å². The lowest BCUT2D eigenvalue weighted by molar-refractivity contribution is 0.204. The Kier molecular flexibility index (Phi) is 7.22. The molecule has 0 aliphatic heterocycles. The van der Waals surface area contributed by atoms with E-state index in [0.717, 1.165) is 23.6 Å². The maximum Gasteiger partial charge on any atom is 0.416 e. The van der Waals surface area contributed by atoms with Crippen LogP contribution in [0.1, 0.15) is 51.0 Å². The quantitative estimate of drug-likeness (QED) is 0.449. The van der Waals surface area contributed by atoms with Gasteiger partial charge in [-0.2, -0.15) is 5.10 Å². The Bertz CT molecular complexity index is 998. The van der Waals surface area contributed by atoms with E-state index in [2.05, 4.69) is 17.3 Å². The topological polar surface area (TPSA) is 70.4 Å². The molecule has 0 spiro atoms. The molecule has 1 unspecified atom stereocenters. The summed E-state index contributed by atoms with van der Waals surface area (Å²) in [6, 6.07) is 17.3. The lowest BCUT2D eigenvalue weighted by Gasteiger charge is -2.27. The van der Waals surface area contributed by atoms with Crippen LogP contribution in [0.2, 0.25) is 0 Å². The Morgan fingerprint density at radius 2 is 1.94 bits per heavy atom. The van der Waals surface area contributed by atoms with Gasteiger partial charge in [-0.15, -0.1) is 0 Å². The molecule has 0 saturated heterocycles. The average Bonchev–Trinajstić information content (AvgIpc) is 3.35. The van der Waals surface area contributed by atoms with E-state index in [1.165, 1.54) is 37.0 Å². The molecule has 2 aromatic carbocycles. The number of amides is 1. The molecule has 0 radical (unpaired) electrons. The Balaban J connectivity index is 1.60. The van der Waals surface area contributed by atoms with E-state index in [0.29, 0.717) is 24.0 Å². The van der Waals surface area contributed by atoms with Crippen LogP contribution in [0.15, 0.2) is 67.0 Å². The molecule has 3 aromatic rings. The minimum absolute atomic E-state index is 0.370. The minimum Gasteiger partial charge on any atom is -0.464 e. The van der Waals surface area contributed by atoms with Crippen molar-refractivity contribution in [3.63, 3.8) is 0 Å². The van der Waals surface area contributed by atoms with E-state index >= 15 is 0 Å². The molecule has 1 aliphatic carbocycles. The van der Waals surface area contributed by atoms with E-state index in [1.807, 2.05) is 60.8 Å². The van der Waals surface area contributed by atoms with Crippen LogP contribution in [0, 0.1) is 5.92 Å². The van der Waals surface area contributed by atoms with Crippen LogP contribution in [0.3, 0.4) is 0 Å². The number of aromatic nitrogens is 2. The number of para-hydroxylation sites is 1. The van der Waals surface area contributed by atoms with Gasteiger partial charge in [0.2, 0.25) is 0 Å². The third-order valence-electron chi connectivity index (χ3n) is 6.33. The summed E-state index contributed by atoms with van der Waals surface area (Å²) in [6.07, 6.45) is 10.5. The van der Waals surface area contributed by atoms with Gasteiger partial charge in [-0.25, -0.2) is 14.4 Å². The van der Waals surface area contributed by atoms with Crippen molar-refractivity contribution in [2.45, 2.75) is 58.0 Å². The van der Waals surface area contributed by atoms with Crippen molar-refractivity contribution < 1.29 is 9.90 Å². The third kappa shape index (κ3) is 5.37. The Morgan fingerprint density at radius 1 is 1.16 bits per heavy atom. The number of hydrogen-bond donors (Lipinski definition) is 2. The summed E-state index contributed by atoms with van der Waals surface area (Å²) < 4.78 is 1.80. The highest BCUT2D eigenvalue weighted by Crippen LogP contribution is 2.31. The average molecular weight is 433 g/mol. The monoisotopic (exact) mass is 432 g/mol. The van der Waals surface area contributed by atoms with Crippen molar-refractivity contribution in [2.24, 2.45) is 5.92 Å². The van der Waals surface area contributed by atoms with Gasteiger partial charge in [-0.3, -0.25) is 0 Å². The molecule has 1 fully saturated rings. The van der Waals surface area contributed by atoms with E-state index in [9.17, 15) is 9.90 Å². The van der Waals surface area contributed by atoms with Gasteiger partial charge in [0.25, 0.3) is 0 Å². The summed E-state index contributed by atoms with van der Waals surface area (Å²) in [5.74, 6) is 0.793. The summed E-state index contributed by atoms with van der Waals surface area (Å²) in [7, 11) is 0. The van der Waals surface area contributed by atoms with Crippen molar-refractivity contribution in [1.29, 1.82) is 0 Å². The van der Waals surface area contributed by atoms with Gasteiger partial charge in [-0.1, -0.05) is 50.3 Å². The van der Waals surface area contributed by atoms with Crippen LogP contribution in [-0.2, 0) is 6.54 Å². The zero-order valence-electron chi connectivity index (χ0n) is 18.7. The largest absolute Gasteiger partial charge is 0.464 e. The molecular weight excluding hydrogens is 400 g/mol. The van der Waals surface area contributed by atoms with Crippen LogP contribution < -0.4 is 10.2 Å². The van der Waals surface area contributed by atoms with Gasteiger partial charge < -0.3 is 10.4 Å². The fraction of sp³-hybridized carbons (Fsp3) is 0.385. The van der Waals surface area contributed by atoms with Gasteiger partial charge in [0.15, 0.2) is 0 Å². The highest BCUT2D eigenvalue weighted by atomic mass is 16.4.